The number of aromatic nitrogens is 2. The number of hydrogen-bond donors (Lipinski definition) is 0. The summed E-state index contributed by atoms with van der Waals surface area (Å²) in [6, 6.07) is 55.3. The van der Waals surface area contributed by atoms with Gasteiger partial charge in [0.05, 0.1) is 33.3 Å². The van der Waals surface area contributed by atoms with Crippen LogP contribution in [0.1, 0.15) is 5.56 Å². The van der Waals surface area contributed by atoms with Crippen LogP contribution in [0, 0.1) is 11.3 Å². The number of benzene rings is 7. The fraction of sp³-hybridized carbons (Fsp3) is 0. The van der Waals surface area contributed by atoms with E-state index >= 15 is 0 Å². The molecule has 0 aliphatic carbocycles. The summed E-state index contributed by atoms with van der Waals surface area (Å²) in [5.74, 6) is 0. The summed E-state index contributed by atoms with van der Waals surface area (Å²) in [6.45, 7) is 0. The van der Waals surface area contributed by atoms with Crippen LogP contribution in [0.15, 0.2) is 156 Å². The zero-order valence-electron chi connectivity index (χ0n) is 25.2. The molecule has 0 unspecified atom stereocenters. The average Bonchev–Trinajstić information content (AvgIpc) is 3.78. The van der Waals surface area contributed by atoms with Crippen molar-refractivity contribution in [1.82, 2.24) is 9.13 Å². The monoisotopic (exact) mass is 599 g/mol. The van der Waals surface area contributed by atoms with Gasteiger partial charge in [-0.1, -0.05) is 91.0 Å². The first kappa shape index (κ1) is 25.7. The van der Waals surface area contributed by atoms with Gasteiger partial charge in [0.15, 0.2) is 0 Å². The maximum atomic E-state index is 10.4. The quantitative estimate of drug-likeness (QED) is 0.203. The summed E-state index contributed by atoms with van der Waals surface area (Å²) in [5, 5.41) is 17.3. The van der Waals surface area contributed by atoms with Crippen LogP contribution in [-0.2, 0) is 0 Å². The first-order valence-electron chi connectivity index (χ1n) is 15.7. The highest BCUT2D eigenvalue weighted by Crippen LogP contribution is 2.39. The predicted octanol–water partition coefficient (Wildman–Crippen LogP) is 11.3. The lowest BCUT2D eigenvalue weighted by Gasteiger charge is -2.13. The lowest BCUT2D eigenvalue weighted by Crippen LogP contribution is -1.98. The topological polar surface area (TPSA) is 46.8 Å². The van der Waals surface area contributed by atoms with Crippen molar-refractivity contribution in [2.45, 2.75) is 0 Å². The van der Waals surface area contributed by atoms with Crippen LogP contribution in [0.25, 0.3) is 88.1 Å². The van der Waals surface area contributed by atoms with Gasteiger partial charge < -0.3 is 13.6 Å². The second-order valence-electron chi connectivity index (χ2n) is 12.1. The van der Waals surface area contributed by atoms with Gasteiger partial charge in [0.25, 0.3) is 0 Å². The summed E-state index contributed by atoms with van der Waals surface area (Å²) in [7, 11) is 0. The molecule has 3 aromatic heterocycles. The number of rotatable bonds is 3. The smallest absolute Gasteiger partial charge is 0.136 e. The molecule has 47 heavy (non-hydrogen) atoms. The van der Waals surface area contributed by atoms with Crippen LogP contribution in [-0.4, -0.2) is 9.13 Å². The van der Waals surface area contributed by atoms with Gasteiger partial charge in [-0.2, -0.15) is 5.26 Å². The van der Waals surface area contributed by atoms with Crippen molar-refractivity contribution >= 4 is 65.6 Å². The SMILES string of the molecule is N#Cc1cc(-c2ccc(-n3c4ccccc4c4cc5oc6ccccc6c5cc43)cc2)ccc1-n1c2ccccc2c2ccccc21. The Hall–Kier alpha value is -6.57. The molecule has 0 aliphatic heterocycles. The molecular weight excluding hydrogens is 574 g/mol. The predicted molar refractivity (Wildman–Crippen MR) is 193 cm³/mol. The summed E-state index contributed by atoms with van der Waals surface area (Å²) < 4.78 is 10.8. The molecule has 218 valence electrons. The molecule has 0 aliphatic rings. The highest BCUT2D eigenvalue weighted by Gasteiger charge is 2.18. The zero-order valence-corrected chi connectivity index (χ0v) is 25.2. The third-order valence-corrected chi connectivity index (χ3v) is 9.57. The molecule has 0 saturated heterocycles. The van der Waals surface area contributed by atoms with Crippen LogP contribution in [0.3, 0.4) is 0 Å². The summed E-state index contributed by atoms with van der Waals surface area (Å²) in [4.78, 5) is 0. The molecule has 3 heterocycles. The Bertz CT molecular complexity index is 2860. The van der Waals surface area contributed by atoms with Crippen LogP contribution >= 0.6 is 0 Å². The first-order chi connectivity index (χ1) is 23.3. The van der Waals surface area contributed by atoms with Crippen molar-refractivity contribution < 1.29 is 4.42 Å². The number of nitrogens with zero attached hydrogens (tertiary/aromatic N) is 3. The Kier molecular flexibility index (Phi) is 5.32. The fourth-order valence-electron chi connectivity index (χ4n) is 7.45. The molecule has 0 N–H and O–H groups in total. The normalized spacial score (nSPS) is 11.8. The Morgan fingerprint density at radius 1 is 0.426 bits per heavy atom. The molecule has 4 heteroatoms. The van der Waals surface area contributed by atoms with Crippen molar-refractivity contribution in [1.29, 1.82) is 5.26 Å². The van der Waals surface area contributed by atoms with Gasteiger partial charge in [-0.05, 0) is 71.8 Å². The van der Waals surface area contributed by atoms with E-state index in [-0.39, 0.29) is 0 Å². The van der Waals surface area contributed by atoms with Crippen molar-refractivity contribution in [3.8, 4) is 28.6 Å². The minimum absolute atomic E-state index is 0.636. The molecule has 7 aromatic carbocycles. The Balaban J connectivity index is 1.11. The lowest BCUT2D eigenvalue weighted by atomic mass is 10.0. The first-order valence-corrected chi connectivity index (χ1v) is 15.7. The van der Waals surface area contributed by atoms with Gasteiger partial charge in [-0.25, -0.2) is 0 Å². The Morgan fingerprint density at radius 3 is 1.68 bits per heavy atom. The Labute approximate surface area is 269 Å². The van der Waals surface area contributed by atoms with E-state index in [0.29, 0.717) is 5.56 Å². The van der Waals surface area contributed by atoms with Crippen molar-refractivity contribution in [2.24, 2.45) is 0 Å². The summed E-state index contributed by atoms with van der Waals surface area (Å²) in [5.41, 5.74) is 10.9. The van der Waals surface area contributed by atoms with Crippen molar-refractivity contribution in [3.63, 3.8) is 0 Å². The highest BCUT2D eigenvalue weighted by atomic mass is 16.3. The molecule has 0 saturated carbocycles. The van der Waals surface area contributed by atoms with Gasteiger partial charge in [0, 0.05) is 38.0 Å². The molecule has 0 bridgehead atoms. The molecule has 0 spiro atoms. The molecule has 10 rings (SSSR count). The third kappa shape index (κ3) is 3.69. The van der Waals surface area contributed by atoms with E-state index in [4.69, 9.17) is 4.42 Å². The summed E-state index contributed by atoms with van der Waals surface area (Å²) >= 11 is 0. The standard InChI is InChI=1S/C43H25N3O/c44-26-29-23-28(19-22-37(29)46-39-14-6-1-9-31(39)32-10-2-7-15-40(32)46)27-17-20-30(21-18-27)45-38-13-5-3-11-33(38)35-25-43-36(24-41(35)45)34-12-4-8-16-42(34)47-43/h1-25H. The van der Waals surface area contributed by atoms with E-state index in [2.05, 4.69) is 149 Å². The van der Waals surface area contributed by atoms with Gasteiger partial charge in [0.2, 0.25) is 0 Å². The van der Waals surface area contributed by atoms with E-state index in [1.807, 2.05) is 18.2 Å². The van der Waals surface area contributed by atoms with Gasteiger partial charge in [-0.3, -0.25) is 0 Å². The van der Waals surface area contributed by atoms with E-state index in [9.17, 15) is 5.26 Å². The van der Waals surface area contributed by atoms with Crippen molar-refractivity contribution in [2.75, 3.05) is 0 Å². The van der Waals surface area contributed by atoms with Gasteiger partial charge in [0.1, 0.15) is 17.2 Å². The van der Waals surface area contributed by atoms with E-state index in [1.165, 1.54) is 16.2 Å². The van der Waals surface area contributed by atoms with Gasteiger partial charge >= 0.3 is 0 Å². The second kappa shape index (κ2) is 9.71. The second-order valence-corrected chi connectivity index (χ2v) is 12.1. The Morgan fingerprint density at radius 2 is 1.00 bits per heavy atom. The van der Waals surface area contributed by atoms with Crippen LogP contribution in [0.2, 0.25) is 0 Å². The third-order valence-electron chi connectivity index (χ3n) is 9.57. The molecule has 0 atom stereocenters. The molecular formula is C43H25N3O. The van der Waals surface area contributed by atoms with E-state index < -0.39 is 0 Å². The highest BCUT2D eigenvalue weighted by molar-refractivity contribution is 6.17. The zero-order chi connectivity index (χ0) is 31.1. The molecule has 0 fully saturated rings. The van der Waals surface area contributed by atoms with Crippen LogP contribution < -0.4 is 0 Å². The van der Waals surface area contributed by atoms with Crippen LogP contribution in [0.4, 0.5) is 0 Å². The van der Waals surface area contributed by atoms with E-state index in [0.717, 1.165) is 71.9 Å². The van der Waals surface area contributed by atoms with Crippen LogP contribution in [0.5, 0.6) is 0 Å². The lowest BCUT2D eigenvalue weighted by molar-refractivity contribution is 0.669. The van der Waals surface area contributed by atoms with Gasteiger partial charge in [-0.15, -0.1) is 0 Å². The number of fused-ring (bicyclic) bond motifs is 9. The van der Waals surface area contributed by atoms with Crippen molar-refractivity contribution in [3.05, 3.63) is 157 Å². The minimum Gasteiger partial charge on any atom is -0.456 e. The molecule has 0 amide bonds. The molecule has 10 aromatic rings. The maximum absolute atomic E-state index is 10.4. The molecule has 0 radical (unpaired) electrons. The average molecular weight is 600 g/mol. The number of para-hydroxylation sites is 4. The largest absolute Gasteiger partial charge is 0.456 e. The minimum atomic E-state index is 0.636. The number of furan rings is 1. The molecule has 4 nitrogen and oxygen atoms in total. The fourth-order valence-corrected chi connectivity index (χ4v) is 7.45. The van der Waals surface area contributed by atoms with E-state index in [1.54, 1.807) is 0 Å². The number of hydrogen-bond acceptors (Lipinski definition) is 2. The maximum Gasteiger partial charge on any atom is 0.136 e. The summed E-state index contributed by atoms with van der Waals surface area (Å²) in [6.07, 6.45) is 0. The number of nitriles is 1.